The molecule has 0 heterocycles. The van der Waals surface area contributed by atoms with E-state index in [9.17, 15) is 4.39 Å². The van der Waals surface area contributed by atoms with Gasteiger partial charge in [0.1, 0.15) is 5.82 Å². The third-order valence-corrected chi connectivity index (χ3v) is 3.53. The standard InChI is InChI=1S/C18H23FN2/c1-4-20-13-15-11-14(3)9-10-18(15)21(5-2)17-8-6-7-16(19)12-17/h6-12,20H,4-5,13H2,1-3H3. The lowest BCUT2D eigenvalue weighted by molar-refractivity contribution is 0.627. The first-order chi connectivity index (χ1) is 10.2. The molecule has 0 saturated carbocycles. The molecule has 0 aromatic heterocycles. The highest BCUT2D eigenvalue weighted by Crippen LogP contribution is 2.29. The molecule has 0 aliphatic heterocycles. The highest BCUT2D eigenvalue weighted by molar-refractivity contribution is 5.67. The molecule has 2 aromatic rings. The van der Waals surface area contributed by atoms with Crippen LogP contribution < -0.4 is 10.2 Å². The van der Waals surface area contributed by atoms with Crippen molar-refractivity contribution >= 4 is 11.4 Å². The Hall–Kier alpha value is -1.87. The zero-order chi connectivity index (χ0) is 15.2. The molecule has 0 amide bonds. The lowest BCUT2D eigenvalue weighted by Crippen LogP contribution is -2.20. The average molecular weight is 286 g/mol. The minimum absolute atomic E-state index is 0.203. The molecule has 2 nitrogen and oxygen atoms in total. The van der Waals surface area contributed by atoms with Gasteiger partial charge in [-0.2, -0.15) is 0 Å². The van der Waals surface area contributed by atoms with Gasteiger partial charge in [-0.3, -0.25) is 0 Å². The van der Waals surface area contributed by atoms with Gasteiger partial charge in [0.25, 0.3) is 0 Å². The minimum atomic E-state index is -0.203. The molecule has 0 radical (unpaired) electrons. The normalized spacial score (nSPS) is 10.7. The smallest absolute Gasteiger partial charge is 0.125 e. The lowest BCUT2D eigenvalue weighted by Gasteiger charge is -2.26. The van der Waals surface area contributed by atoms with E-state index in [1.54, 1.807) is 12.1 Å². The van der Waals surface area contributed by atoms with E-state index in [0.717, 1.165) is 31.0 Å². The summed E-state index contributed by atoms with van der Waals surface area (Å²) in [7, 11) is 0. The maximum Gasteiger partial charge on any atom is 0.125 e. The molecule has 0 aliphatic carbocycles. The van der Waals surface area contributed by atoms with E-state index in [1.807, 2.05) is 6.07 Å². The zero-order valence-electron chi connectivity index (χ0n) is 13.0. The molecule has 0 saturated heterocycles. The number of hydrogen-bond donors (Lipinski definition) is 1. The largest absolute Gasteiger partial charge is 0.341 e. The zero-order valence-corrected chi connectivity index (χ0v) is 13.0. The van der Waals surface area contributed by atoms with Crippen molar-refractivity contribution in [2.24, 2.45) is 0 Å². The number of hydrogen-bond acceptors (Lipinski definition) is 2. The predicted octanol–water partition coefficient (Wildman–Crippen LogP) is 4.40. The van der Waals surface area contributed by atoms with Crippen LogP contribution in [0.4, 0.5) is 15.8 Å². The summed E-state index contributed by atoms with van der Waals surface area (Å²) in [6.07, 6.45) is 0. The summed E-state index contributed by atoms with van der Waals surface area (Å²) in [6, 6.07) is 13.2. The Labute approximate surface area is 126 Å². The van der Waals surface area contributed by atoms with Gasteiger partial charge in [0.05, 0.1) is 0 Å². The van der Waals surface area contributed by atoms with Crippen LogP contribution in [0.25, 0.3) is 0 Å². The van der Waals surface area contributed by atoms with E-state index in [2.05, 4.69) is 49.2 Å². The molecule has 112 valence electrons. The monoisotopic (exact) mass is 286 g/mol. The van der Waals surface area contributed by atoms with Crippen molar-refractivity contribution in [3.8, 4) is 0 Å². The summed E-state index contributed by atoms with van der Waals surface area (Å²) in [6.45, 7) is 8.82. The van der Waals surface area contributed by atoms with E-state index in [1.165, 1.54) is 17.2 Å². The van der Waals surface area contributed by atoms with Crippen LogP contribution in [0.15, 0.2) is 42.5 Å². The highest BCUT2D eigenvalue weighted by atomic mass is 19.1. The molecule has 2 rings (SSSR count). The third kappa shape index (κ3) is 3.82. The molecule has 21 heavy (non-hydrogen) atoms. The Kier molecular flexibility index (Phi) is 5.34. The van der Waals surface area contributed by atoms with Crippen molar-refractivity contribution in [1.29, 1.82) is 0 Å². The van der Waals surface area contributed by atoms with Gasteiger partial charge in [0.2, 0.25) is 0 Å². The van der Waals surface area contributed by atoms with Crippen molar-refractivity contribution in [2.45, 2.75) is 27.3 Å². The Balaban J connectivity index is 2.41. The van der Waals surface area contributed by atoms with Crippen molar-refractivity contribution in [1.82, 2.24) is 5.32 Å². The number of anilines is 2. The van der Waals surface area contributed by atoms with Gasteiger partial charge in [-0.05, 0) is 50.2 Å². The number of nitrogens with zero attached hydrogens (tertiary/aromatic N) is 1. The molecule has 2 aromatic carbocycles. The summed E-state index contributed by atoms with van der Waals surface area (Å²) in [5.41, 5.74) is 4.50. The molecule has 3 heteroatoms. The fraction of sp³-hybridized carbons (Fsp3) is 0.333. The first kappa shape index (κ1) is 15.5. The van der Waals surface area contributed by atoms with Crippen molar-refractivity contribution in [3.05, 3.63) is 59.4 Å². The summed E-state index contributed by atoms with van der Waals surface area (Å²) in [5.74, 6) is -0.203. The molecule has 0 spiro atoms. The first-order valence-corrected chi connectivity index (χ1v) is 7.49. The number of aryl methyl sites for hydroxylation is 1. The van der Waals surface area contributed by atoms with Gasteiger partial charge < -0.3 is 10.2 Å². The van der Waals surface area contributed by atoms with Gasteiger partial charge in [0, 0.05) is 24.5 Å². The third-order valence-electron chi connectivity index (χ3n) is 3.53. The quantitative estimate of drug-likeness (QED) is 0.846. The highest BCUT2D eigenvalue weighted by Gasteiger charge is 2.12. The van der Waals surface area contributed by atoms with Crippen LogP contribution >= 0.6 is 0 Å². The van der Waals surface area contributed by atoms with E-state index in [4.69, 9.17) is 0 Å². The van der Waals surface area contributed by atoms with Crippen LogP contribution in [0.5, 0.6) is 0 Å². The second-order valence-electron chi connectivity index (χ2n) is 5.14. The van der Waals surface area contributed by atoms with Gasteiger partial charge in [0.15, 0.2) is 0 Å². The van der Waals surface area contributed by atoms with Crippen molar-refractivity contribution in [2.75, 3.05) is 18.0 Å². The van der Waals surface area contributed by atoms with Crippen LogP contribution in [-0.2, 0) is 6.54 Å². The number of nitrogens with one attached hydrogen (secondary N) is 1. The van der Waals surface area contributed by atoms with E-state index >= 15 is 0 Å². The van der Waals surface area contributed by atoms with E-state index < -0.39 is 0 Å². The Morgan fingerprint density at radius 3 is 2.57 bits per heavy atom. The van der Waals surface area contributed by atoms with Crippen LogP contribution in [0.1, 0.15) is 25.0 Å². The summed E-state index contributed by atoms with van der Waals surface area (Å²) < 4.78 is 13.5. The molecular formula is C18H23FN2. The average Bonchev–Trinajstić information content (AvgIpc) is 2.48. The van der Waals surface area contributed by atoms with Crippen LogP contribution in [0, 0.1) is 12.7 Å². The fourth-order valence-electron chi connectivity index (χ4n) is 2.51. The summed E-state index contributed by atoms with van der Waals surface area (Å²) >= 11 is 0. The number of halogens is 1. The van der Waals surface area contributed by atoms with E-state index in [-0.39, 0.29) is 5.82 Å². The molecular weight excluding hydrogens is 263 g/mol. The van der Waals surface area contributed by atoms with E-state index in [0.29, 0.717) is 0 Å². The van der Waals surface area contributed by atoms with Crippen LogP contribution in [0.3, 0.4) is 0 Å². The Bertz CT molecular complexity index is 596. The number of benzene rings is 2. The maximum absolute atomic E-state index is 13.5. The summed E-state index contributed by atoms with van der Waals surface area (Å²) in [5, 5.41) is 3.37. The van der Waals surface area contributed by atoms with Gasteiger partial charge in [-0.15, -0.1) is 0 Å². The van der Waals surface area contributed by atoms with Crippen molar-refractivity contribution < 1.29 is 4.39 Å². The topological polar surface area (TPSA) is 15.3 Å². The molecule has 0 fully saturated rings. The van der Waals surface area contributed by atoms with Crippen LogP contribution in [0.2, 0.25) is 0 Å². The van der Waals surface area contributed by atoms with Crippen LogP contribution in [-0.4, -0.2) is 13.1 Å². The molecule has 0 bridgehead atoms. The van der Waals surface area contributed by atoms with Gasteiger partial charge in [-0.25, -0.2) is 4.39 Å². The summed E-state index contributed by atoms with van der Waals surface area (Å²) in [4.78, 5) is 2.15. The maximum atomic E-state index is 13.5. The SMILES string of the molecule is CCNCc1cc(C)ccc1N(CC)c1cccc(F)c1. The predicted molar refractivity (Wildman–Crippen MR) is 87.6 cm³/mol. The molecule has 1 N–H and O–H groups in total. The Morgan fingerprint density at radius 1 is 1.10 bits per heavy atom. The molecule has 0 aliphatic rings. The molecule has 0 unspecified atom stereocenters. The lowest BCUT2D eigenvalue weighted by atomic mass is 10.1. The Morgan fingerprint density at radius 2 is 1.90 bits per heavy atom. The molecule has 0 atom stereocenters. The first-order valence-electron chi connectivity index (χ1n) is 7.49. The van der Waals surface area contributed by atoms with Gasteiger partial charge in [-0.1, -0.05) is 30.7 Å². The fourth-order valence-corrected chi connectivity index (χ4v) is 2.51. The second-order valence-corrected chi connectivity index (χ2v) is 5.14. The second kappa shape index (κ2) is 7.23. The van der Waals surface area contributed by atoms with Crippen molar-refractivity contribution in [3.63, 3.8) is 0 Å². The minimum Gasteiger partial charge on any atom is -0.341 e. The van der Waals surface area contributed by atoms with Gasteiger partial charge >= 0.3 is 0 Å². The number of rotatable bonds is 6.